The number of aliphatic imine (C=N–C) groups is 1. The predicted octanol–water partition coefficient (Wildman–Crippen LogP) is 0.0809. The van der Waals surface area contributed by atoms with Crippen LogP contribution in [-0.2, 0) is 14.3 Å². The molecule has 5 N–H and O–H groups in total. The number of hydrogen-bond donors (Lipinski definition) is 3. The molecular formula is C10H21N3O4. The molecule has 17 heavy (non-hydrogen) atoms. The number of ether oxygens (including phenoxy) is 1. The van der Waals surface area contributed by atoms with Gasteiger partial charge in [-0.1, -0.05) is 0 Å². The lowest BCUT2D eigenvalue weighted by Gasteiger charge is -2.17. The molecule has 0 saturated heterocycles. The van der Waals surface area contributed by atoms with Crippen LogP contribution in [0.3, 0.4) is 0 Å². The molecule has 0 aliphatic rings. The molecule has 0 aliphatic carbocycles. The predicted molar refractivity (Wildman–Crippen MR) is 64.4 cm³/mol. The first kappa shape index (κ1) is 17.6. The SMILES string of the molecule is CC(=O)OC(C)(C)C.CC(N=C(N)N)C(=O)O. The fourth-order valence-electron chi connectivity index (χ4n) is 0.710. The second-order valence-electron chi connectivity index (χ2n) is 4.27. The van der Waals surface area contributed by atoms with Gasteiger partial charge < -0.3 is 21.3 Å². The van der Waals surface area contributed by atoms with Gasteiger partial charge in [0, 0.05) is 6.92 Å². The number of esters is 1. The molecule has 7 heteroatoms. The third-order valence-corrected chi connectivity index (χ3v) is 1.15. The summed E-state index contributed by atoms with van der Waals surface area (Å²) in [5.74, 6) is -1.47. The number of guanidine groups is 1. The summed E-state index contributed by atoms with van der Waals surface area (Å²) >= 11 is 0. The zero-order chi connectivity index (χ0) is 14.2. The normalized spacial score (nSPS) is 11.6. The second-order valence-corrected chi connectivity index (χ2v) is 4.27. The minimum atomic E-state index is -1.04. The highest BCUT2D eigenvalue weighted by molar-refractivity contribution is 5.81. The van der Waals surface area contributed by atoms with Gasteiger partial charge in [-0.25, -0.2) is 9.79 Å². The van der Waals surface area contributed by atoms with E-state index in [1.54, 1.807) is 0 Å². The van der Waals surface area contributed by atoms with Gasteiger partial charge in [0.05, 0.1) is 0 Å². The summed E-state index contributed by atoms with van der Waals surface area (Å²) in [6, 6.07) is -0.852. The number of aliphatic carboxylic acids is 1. The van der Waals surface area contributed by atoms with Crippen molar-refractivity contribution in [3.05, 3.63) is 0 Å². The van der Waals surface area contributed by atoms with E-state index in [9.17, 15) is 9.59 Å². The first-order valence-electron chi connectivity index (χ1n) is 4.97. The van der Waals surface area contributed by atoms with E-state index in [4.69, 9.17) is 21.3 Å². The van der Waals surface area contributed by atoms with Crippen molar-refractivity contribution in [2.75, 3.05) is 0 Å². The molecule has 0 aliphatic heterocycles. The summed E-state index contributed by atoms with van der Waals surface area (Å²) in [6.45, 7) is 8.32. The van der Waals surface area contributed by atoms with E-state index < -0.39 is 12.0 Å². The molecule has 100 valence electrons. The largest absolute Gasteiger partial charge is 0.480 e. The molecule has 0 heterocycles. The molecule has 0 aromatic carbocycles. The molecule has 0 aromatic rings. The van der Waals surface area contributed by atoms with Crippen molar-refractivity contribution in [1.29, 1.82) is 0 Å². The third-order valence-electron chi connectivity index (χ3n) is 1.15. The molecule has 0 radical (unpaired) electrons. The van der Waals surface area contributed by atoms with Gasteiger partial charge in [0.25, 0.3) is 0 Å². The first-order valence-corrected chi connectivity index (χ1v) is 4.97. The van der Waals surface area contributed by atoms with E-state index in [2.05, 4.69) is 4.99 Å². The van der Waals surface area contributed by atoms with Crippen molar-refractivity contribution >= 4 is 17.9 Å². The number of carboxylic acids is 1. The molecule has 0 spiro atoms. The molecule has 0 fully saturated rings. The van der Waals surface area contributed by atoms with Crippen molar-refractivity contribution in [3.8, 4) is 0 Å². The molecule has 1 unspecified atom stereocenters. The quantitative estimate of drug-likeness (QED) is 0.360. The van der Waals surface area contributed by atoms with Crippen LogP contribution in [0, 0.1) is 0 Å². The standard InChI is InChI=1S/C6H12O2.C4H9N3O2/c1-5(7)8-6(2,3)4;1-2(3(8)9)7-4(5)6/h1-4H3;2H,1H3,(H,8,9)(H4,5,6,7). The summed E-state index contributed by atoms with van der Waals surface area (Å²) in [6.07, 6.45) is 0. The van der Waals surface area contributed by atoms with Crippen LogP contribution in [0.1, 0.15) is 34.6 Å². The van der Waals surface area contributed by atoms with Crippen molar-refractivity contribution in [2.24, 2.45) is 16.5 Å². The summed E-state index contributed by atoms with van der Waals surface area (Å²) in [4.78, 5) is 23.6. The molecule has 1 atom stereocenters. The molecule has 0 bridgehead atoms. The average Bonchev–Trinajstić information content (AvgIpc) is 1.98. The fraction of sp³-hybridized carbons (Fsp3) is 0.700. The van der Waals surface area contributed by atoms with Crippen LogP contribution in [-0.4, -0.2) is 34.6 Å². The highest BCUT2D eigenvalue weighted by Crippen LogP contribution is 2.05. The summed E-state index contributed by atoms with van der Waals surface area (Å²) < 4.78 is 4.80. The molecule has 0 rings (SSSR count). The van der Waals surface area contributed by atoms with Gasteiger partial charge in [-0.15, -0.1) is 0 Å². The van der Waals surface area contributed by atoms with Gasteiger partial charge in [-0.05, 0) is 27.7 Å². The Morgan fingerprint density at radius 1 is 1.29 bits per heavy atom. The van der Waals surface area contributed by atoms with Gasteiger partial charge in [-0.3, -0.25) is 4.79 Å². The lowest BCUT2D eigenvalue weighted by molar-refractivity contribution is -0.151. The maximum absolute atomic E-state index is 10.2. The maximum atomic E-state index is 10.2. The van der Waals surface area contributed by atoms with Crippen LogP contribution in [0.5, 0.6) is 0 Å². The lowest BCUT2D eigenvalue weighted by Crippen LogP contribution is -2.27. The Morgan fingerprint density at radius 3 is 1.76 bits per heavy atom. The fourth-order valence-corrected chi connectivity index (χ4v) is 0.710. The highest BCUT2D eigenvalue weighted by atomic mass is 16.6. The molecule has 0 saturated carbocycles. The minimum Gasteiger partial charge on any atom is -0.480 e. The molecular weight excluding hydrogens is 226 g/mol. The number of nitrogens with two attached hydrogens (primary N) is 2. The monoisotopic (exact) mass is 247 g/mol. The Hall–Kier alpha value is -1.79. The highest BCUT2D eigenvalue weighted by Gasteiger charge is 2.11. The number of carboxylic acid groups (broad SMARTS) is 1. The lowest BCUT2D eigenvalue weighted by atomic mass is 10.2. The average molecular weight is 247 g/mol. The third kappa shape index (κ3) is 16.9. The summed E-state index contributed by atoms with van der Waals surface area (Å²) in [5, 5.41) is 8.21. The van der Waals surface area contributed by atoms with Gasteiger partial charge in [0.1, 0.15) is 11.6 Å². The second kappa shape index (κ2) is 7.48. The molecule has 0 amide bonds. The smallest absolute Gasteiger partial charge is 0.328 e. The number of carbonyl (C=O) groups is 2. The first-order chi connectivity index (χ1) is 7.45. The van der Waals surface area contributed by atoms with Crippen molar-refractivity contribution in [1.82, 2.24) is 0 Å². The van der Waals surface area contributed by atoms with E-state index in [0.29, 0.717) is 0 Å². The Morgan fingerprint density at radius 2 is 1.71 bits per heavy atom. The summed E-state index contributed by atoms with van der Waals surface area (Å²) in [5.41, 5.74) is 9.46. The zero-order valence-electron chi connectivity index (χ0n) is 10.9. The summed E-state index contributed by atoms with van der Waals surface area (Å²) in [7, 11) is 0. The van der Waals surface area contributed by atoms with Gasteiger partial charge in [-0.2, -0.15) is 0 Å². The number of nitrogens with zero attached hydrogens (tertiary/aromatic N) is 1. The van der Waals surface area contributed by atoms with Crippen LogP contribution in [0.2, 0.25) is 0 Å². The van der Waals surface area contributed by atoms with E-state index in [1.807, 2.05) is 20.8 Å². The van der Waals surface area contributed by atoms with E-state index >= 15 is 0 Å². The molecule has 0 aromatic heterocycles. The Kier molecular flexibility index (Phi) is 7.74. The van der Waals surface area contributed by atoms with Crippen molar-refractivity contribution in [3.63, 3.8) is 0 Å². The van der Waals surface area contributed by atoms with E-state index in [0.717, 1.165) is 0 Å². The maximum Gasteiger partial charge on any atom is 0.328 e. The van der Waals surface area contributed by atoms with Crippen LogP contribution >= 0.6 is 0 Å². The van der Waals surface area contributed by atoms with Crippen LogP contribution in [0.25, 0.3) is 0 Å². The Labute approximate surface area is 101 Å². The van der Waals surface area contributed by atoms with Crippen molar-refractivity contribution in [2.45, 2.75) is 46.3 Å². The topological polar surface area (TPSA) is 128 Å². The zero-order valence-corrected chi connectivity index (χ0v) is 10.9. The van der Waals surface area contributed by atoms with E-state index in [-0.39, 0.29) is 17.5 Å². The molecule has 7 nitrogen and oxygen atoms in total. The number of hydrogen-bond acceptors (Lipinski definition) is 4. The Balaban J connectivity index is 0. The Bertz CT molecular complexity index is 290. The van der Waals surface area contributed by atoms with E-state index in [1.165, 1.54) is 13.8 Å². The van der Waals surface area contributed by atoms with Gasteiger partial charge >= 0.3 is 11.9 Å². The minimum absolute atomic E-state index is 0.204. The van der Waals surface area contributed by atoms with Gasteiger partial charge in [0.2, 0.25) is 0 Å². The van der Waals surface area contributed by atoms with Crippen LogP contribution in [0.4, 0.5) is 0 Å². The number of carbonyl (C=O) groups excluding carboxylic acids is 1. The van der Waals surface area contributed by atoms with Gasteiger partial charge in [0.15, 0.2) is 5.96 Å². The van der Waals surface area contributed by atoms with Crippen molar-refractivity contribution < 1.29 is 19.4 Å². The number of rotatable bonds is 2. The van der Waals surface area contributed by atoms with Crippen LogP contribution in [0.15, 0.2) is 4.99 Å². The van der Waals surface area contributed by atoms with Crippen LogP contribution < -0.4 is 11.5 Å².